The number of pyridine rings is 1. The fraction of sp³-hybridized carbons (Fsp3) is 0.364. The topological polar surface area (TPSA) is 136 Å². The molecule has 4 N–H and O–H groups in total. The van der Waals surface area contributed by atoms with E-state index in [0.29, 0.717) is 11.5 Å². The van der Waals surface area contributed by atoms with Crippen molar-refractivity contribution in [2.75, 3.05) is 23.9 Å². The molecular formula is C22H22F3N5O5. The fourth-order valence-corrected chi connectivity index (χ4v) is 3.66. The van der Waals surface area contributed by atoms with Crippen molar-refractivity contribution >= 4 is 29.4 Å². The summed E-state index contributed by atoms with van der Waals surface area (Å²) in [6.45, 7) is 0.274. The first-order chi connectivity index (χ1) is 16.5. The number of carbonyl (C=O) groups is 3. The Labute approximate surface area is 197 Å². The van der Waals surface area contributed by atoms with E-state index in [1.165, 1.54) is 24.1 Å². The largest absolute Gasteiger partial charge is 0.449 e. The Balaban J connectivity index is 1.68. The predicted octanol–water partition coefficient (Wildman–Crippen LogP) is 3.41. The van der Waals surface area contributed by atoms with Gasteiger partial charge in [0.1, 0.15) is 11.7 Å². The second-order valence-electron chi connectivity index (χ2n) is 8.27. The highest BCUT2D eigenvalue weighted by atomic mass is 19.4. The van der Waals surface area contributed by atoms with Crippen LogP contribution in [0, 0.1) is 5.92 Å². The van der Waals surface area contributed by atoms with E-state index in [0.717, 1.165) is 25.0 Å². The van der Waals surface area contributed by atoms with Crippen LogP contribution in [0.15, 0.2) is 30.3 Å². The summed E-state index contributed by atoms with van der Waals surface area (Å²) < 4.78 is 50.2. The van der Waals surface area contributed by atoms with Gasteiger partial charge in [-0.05, 0) is 36.5 Å². The summed E-state index contributed by atoms with van der Waals surface area (Å²) in [6, 6.07) is 4.18. The first-order valence-corrected chi connectivity index (χ1v) is 10.7. The molecule has 0 bridgehead atoms. The quantitative estimate of drug-likeness (QED) is 0.564. The smallest absolute Gasteiger partial charge is 0.433 e. The number of anilines is 2. The lowest BCUT2D eigenvalue weighted by Crippen LogP contribution is -2.53. The molecule has 186 valence electrons. The number of rotatable bonds is 6. The standard InChI is InChI=1S/C22H22F3N5O5/c1-30-18-12(8-14(19(30)31)28-20(26)32)7-13(27-21(33)34-10-11-5-6-11)9-15(18)35-17-4-2-3-16(29-17)22(23,24)25/h2-4,7,9,11,14H,5-6,8,10H2,1H3,(H,27,33)(H3,26,28,32). The molecule has 2 aromatic rings. The van der Waals surface area contributed by atoms with E-state index in [4.69, 9.17) is 15.2 Å². The third-order valence-electron chi connectivity index (χ3n) is 5.48. The van der Waals surface area contributed by atoms with Crippen molar-refractivity contribution in [3.63, 3.8) is 0 Å². The van der Waals surface area contributed by atoms with Crippen LogP contribution < -0.4 is 26.0 Å². The minimum Gasteiger partial charge on any atom is -0.449 e. The molecule has 1 fully saturated rings. The minimum absolute atomic E-state index is 0.000464. The maximum Gasteiger partial charge on any atom is 0.433 e. The van der Waals surface area contributed by atoms with Gasteiger partial charge in [-0.3, -0.25) is 10.1 Å². The van der Waals surface area contributed by atoms with Crippen LogP contribution in [0.4, 0.5) is 34.1 Å². The number of nitrogens with zero attached hydrogens (tertiary/aromatic N) is 2. The molecule has 2 heterocycles. The van der Waals surface area contributed by atoms with E-state index >= 15 is 0 Å². The van der Waals surface area contributed by atoms with Crippen LogP contribution in [0.25, 0.3) is 0 Å². The zero-order valence-corrected chi connectivity index (χ0v) is 18.5. The Hall–Kier alpha value is -4.03. The molecule has 0 spiro atoms. The number of ether oxygens (including phenoxy) is 2. The highest BCUT2D eigenvalue weighted by Crippen LogP contribution is 2.41. The van der Waals surface area contributed by atoms with Gasteiger partial charge in [0.05, 0.1) is 12.3 Å². The van der Waals surface area contributed by atoms with Gasteiger partial charge in [0.25, 0.3) is 0 Å². The molecule has 0 saturated heterocycles. The van der Waals surface area contributed by atoms with Crippen LogP contribution in [0.5, 0.6) is 11.6 Å². The van der Waals surface area contributed by atoms with Gasteiger partial charge in [0.2, 0.25) is 11.8 Å². The van der Waals surface area contributed by atoms with Gasteiger partial charge in [0, 0.05) is 31.3 Å². The van der Waals surface area contributed by atoms with Crippen LogP contribution in [0.3, 0.4) is 0 Å². The average molecular weight is 493 g/mol. The Kier molecular flexibility index (Phi) is 6.41. The van der Waals surface area contributed by atoms with Gasteiger partial charge < -0.3 is 25.4 Å². The lowest BCUT2D eigenvalue weighted by molar-refractivity contribution is -0.141. The Morgan fingerprint density at radius 3 is 2.66 bits per heavy atom. The molecule has 1 atom stereocenters. The van der Waals surface area contributed by atoms with Gasteiger partial charge in [-0.1, -0.05) is 6.07 Å². The molecule has 2 aliphatic rings. The Bertz CT molecular complexity index is 1170. The lowest BCUT2D eigenvalue weighted by Gasteiger charge is -2.33. The number of primary amides is 1. The van der Waals surface area contributed by atoms with Crippen molar-refractivity contribution in [1.82, 2.24) is 10.3 Å². The third kappa shape index (κ3) is 5.73. The van der Waals surface area contributed by atoms with Crippen molar-refractivity contribution in [3.8, 4) is 11.6 Å². The van der Waals surface area contributed by atoms with Gasteiger partial charge in [-0.2, -0.15) is 13.2 Å². The number of nitrogens with one attached hydrogen (secondary N) is 2. The van der Waals surface area contributed by atoms with E-state index in [1.54, 1.807) is 6.07 Å². The van der Waals surface area contributed by atoms with Crippen molar-refractivity contribution in [2.45, 2.75) is 31.5 Å². The number of carbonyl (C=O) groups excluding carboxylic acids is 3. The van der Waals surface area contributed by atoms with Crippen LogP contribution in [0.2, 0.25) is 0 Å². The maximum atomic E-state index is 13.1. The molecular weight excluding hydrogens is 471 g/mol. The van der Waals surface area contributed by atoms with E-state index in [2.05, 4.69) is 15.6 Å². The molecule has 1 aliphatic carbocycles. The summed E-state index contributed by atoms with van der Waals surface area (Å²) in [4.78, 5) is 41.0. The number of nitrogens with two attached hydrogens (primary N) is 1. The first kappa shape index (κ1) is 24.1. The van der Waals surface area contributed by atoms with Gasteiger partial charge >= 0.3 is 18.3 Å². The summed E-state index contributed by atoms with van der Waals surface area (Å²) in [5.41, 5.74) is 4.94. The van der Waals surface area contributed by atoms with Crippen LogP contribution in [0.1, 0.15) is 24.1 Å². The number of hydrogen-bond donors (Lipinski definition) is 3. The molecule has 1 aromatic carbocycles. The summed E-state index contributed by atoms with van der Waals surface area (Å²) in [7, 11) is 1.42. The molecule has 1 aliphatic heterocycles. The SMILES string of the molecule is CN1C(=O)C(NC(N)=O)Cc2cc(NC(=O)OCC3CC3)cc(Oc3cccc(C(F)(F)F)n3)c21. The molecule has 1 saturated carbocycles. The van der Waals surface area contributed by atoms with Crippen molar-refractivity contribution < 1.29 is 37.0 Å². The minimum atomic E-state index is -4.69. The number of amides is 4. The number of urea groups is 1. The Morgan fingerprint density at radius 2 is 2.00 bits per heavy atom. The number of hydrogen-bond acceptors (Lipinski definition) is 6. The predicted molar refractivity (Wildman–Crippen MR) is 117 cm³/mol. The van der Waals surface area contributed by atoms with E-state index in [9.17, 15) is 27.6 Å². The molecule has 13 heteroatoms. The average Bonchev–Trinajstić information content (AvgIpc) is 3.59. The third-order valence-corrected chi connectivity index (χ3v) is 5.48. The molecule has 1 aromatic heterocycles. The zero-order valence-electron chi connectivity index (χ0n) is 18.5. The van der Waals surface area contributed by atoms with Crippen molar-refractivity contribution in [1.29, 1.82) is 0 Å². The van der Waals surface area contributed by atoms with Gasteiger partial charge in [-0.15, -0.1) is 0 Å². The molecule has 4 amide bonds. The number of halogens is 3. The first-order valence-electron chi connectivity index (χ1n) is 10.7. The second-order valence-corrected chi connectivity index (χ2v) is 8.27. The number of fused-ring (bicyclic) bond motifs is 1. The number of likely N-dealkylation sites (N-methyl/N-ethyl adjacent to an activating group) is 1. The van der Waals surface area contributed by atoms with Gasteiger partial charge in [-0.25, -0.2) is 14.6 Å². The van der Waals surface area contributed by atoms with Crippen molar-refractivity contribution in [2.24, 2.45) is 11.7 Å². The van der Waals surface area contributed by atoms with E-state index in [1.807, 2.05) is 0 Å². The number of aromatic nitrogens is 1. The van der Waals surface area contributed by atoms with Gasteiger partial charge in [0.15, 0.2) is 5.75 Å². The van der Waals surface area contributed by atoms with Crippen LogP contribution in [-0.4, -0.2) is 42.7 Å². The van der Waals surface area contributed by atoms with E-state index < -0.39 is 35.9 Å². The fourth-order valence-electron chi connectivity index (χ4n) is 3.66. The molecule has 0 radical (unpaired) electrons. The number of alkyl halides is 3. The van der Waals surface area contributed by atoms with Crippen molar-refractivity contribution in [3.05, 3.63) is 41.6 Å². The summed E-state index contributed by atoms with van der Waals surface area (Å²) in [6.07, 6.45) is -3.42. The van der Waals surface area contributed by atoms with E-state index in [-0.39, 0.29) is 36.0 Å². The monoisotopic (exact) mass is 493 g/mol. The highest BCUT2D eigenvalue weighted by Gasteiger charge is 2.35. The summed E-state index contributed by atoms with van der Waals surface area (Å²) in [5, 5.41) is 4.92. The molecule has 35 heavy (non-hydrogen) atoms. The Morgan fingerprint density at radius 1 is 1.26 bits per heavy atom. The van der Waals surface area contributed by atoms with Crippen LogP contribution in [-0.2, 0) is 22.1 Å². The second kappa shape index (κ2) is 9.31. The zero-order chi connectivity index (χ0) is 25.3. The highest BCUT2D eigenvalue weighted by molar-refractivity contribution is 6.03. The summed E-state index contributed by atoms with van der Waals surface area (Å²) >= 11 is 0. The number of benzene rings is 1. The summed E-state index contributed by atoms with van der Waals surface area (Å²) in [5.74, 6) is -0.563. The maximum absolute atomic E-state index is 13.1. The van der Waals surface area contributed by atoms with Crippen LogP contribution >= 0.6 is 0 Å². The normalized spacial score (nSPS) is 17.4. The molecule has 4 rings (SSSR count). The molecule has 10 nitrogen and oxygen atoms in total. The molecule has 1 unspecified atom stereocenters. The lowest BCUT2D eigenvalue weighted by atomic mass is 9.96.